The van der Waals surface area contributed by atoms with E-state index in [4.69, 9.17) is 4.42 Å². The Bertz CT molecular complexity index is 870. The third-order valence-electron chi connectivity index (χ3n) is 4.30. The van der Waals surface area contributed by atoms with E-state index >= 15 is 0 Å². The molecule has 1 heterocycles. The van der Waals surface area contributed by atoms with Gasteiger partial charge in [0, 0.05) is 5.56 Å². The van der Waals surface area contributed by atoms with Gasteiger partial charge < -0.3 is 9.73 Å². The number of hydrazine groups is 1. The smallest absolute Gasteiger partial charge is 0.273 e. The largest absolute Gasteiger partial charge is 0.466 e. The van der Waals surface area contributed by atoms with Crippen LogP contribution in [0.1, 0.15) is 58.1 Å². The van der Waals surface area contributed by atoms with Crippen molar-refractivity contribution < 1.29 is 18.8 Å². The molecule has 150 valence electrons. The molecule has 7 heteroatoms. The first-order valence-corrected chi connectivity index (χ1v) is 9.22. The van der Waals surface area contributed by atoms with Crippen LogP contribution in [0.2, 0.25) is 0 Å². The van der Waals surface area contributed by atoms with Crippen molar-refractivity contribution >= 4 is 17.7 Å². The molecule has 0 saturated heterocycles. The Kier molecular flexibility index (Phi) is 6.98. The van der Waals surface area contributed by atoms with Gasteiger partial charge in [-0.1, -0.05) is 32.0 Å². The number of hydrogen-bond acceptors (Lipinski definition) is 4. The fraction of sp³-hybridized carbons (Fsp3) is 0.381. The van der Waals surface area contributed by atoms with Gasteiger partial charge in [0.25, 0.3) is 17.7 Å². The van der Waals surface area contributed by atoms with E-state index in [1.165, 1.54) is 0 Å². The van der Waals surface area contributed by atoms with Crippen LogP contribution in [0.15, 0.2) is 34.7 Å². The fourth-order valence-corrected chi connectivity index (χ4v) is 2.90. The second-order valence-corrected chi connectivity index (χ2v) is 7.24. The van der Waals surface area contributed by atoms with Crippen molar-refractivity contribution in [2.45, 2.75) is 47.1 Å². The van der Waals surface area contributed by atoms with Crippen LogP contribution >= 0.6 is 0 Å². The van der Waals surface area contributed by atoms with Gasteiger partial charge in [0.2, 0.25) is 0 Å². The number of hydrogen-bond donors (Lipinski definition) is 3. The summed E-state index contributed by atoms with van der Waals surface area (Å²) >= 11 is 0. The average molecular weight is 385 g/mol. The maximum Gasteiger partial charge on any atom is 0.273 e. The van der Waals surface area contributed by atoms with Gasteiger partial charge in [-0.05, 0) is 50.8 Å². The van der Waals surface area contributed by atoms with Crippen LogP contribution in [0.4, 0.5) is 0 Å². The number of rotatable bonds is 6. The zero-order chi connectivity index (χ0) is 20.8. The first-order valence-electron chi connectivity index (χ1n) is 9.22. The molecule has 1 unspecified atom stereocenters. The summed E-state index contributed by atoms with van der Waals surface area (Å²) in [5.41, 5.74) is 6.46. The molecule has 0 spiro atoms. The summed E-state index contributed by atoms with van der Waals surface area (Å²) in [5, 5.41) is 2.76. The van der Waals surface area contributed by atoms with Gasteiger partial charge in [-0.15, -0.1) is 0 Å². The van der Waals surface area contributed by atoms with Crippen LogP contribution in [0, 0.1) is 26.7 Å². The minimum atomic E-state index is -0.778. The predicted molar refractivity (Wildman–Crippen MR) is 106 cm³/mol. The van der Waals surface area contributed by atoms with Gasteiger partial charge in [-0.2, -0.15) is 0 Å². The van der Waals surface area contributed by atoms with Gasteiger partial charge in [0.05, 0.1) is 5.56 Å². The molecule has 0 fully saturated rings. The highest BCUT2D eigenvalue weighted by Gasteiger charge is 2.24. The van der Waals surface area contributed by atoms with Crippen molar-refractivity contribution in [3.8, 4) is 0 Å². The summed E-state index contributed by atoms with van der Waals surface area (Å²) in [6.07, 6.45) is 0.434. The quantitative estimate of drug-likeness (QED) is 0.666. The summed E-state index contributed by atoms with van der Waals surface area (Å²) in [7, 11) is 0. The number of nitrogens with one attached hydrogen (secondary N) is 3. The van der Waals surface area contributed by atoms with E-state index in [0.29, 0.717) is 29.1 Å². The van der Waals surface area contributed by atoms with E-state index in [0.717, 1.165) is 5.56 Å². The third-order valence-corrected chi connectivity index (χ3v) is 4.30. The lowest BCUT2D eigenvalue weighted by Gasteiger charge is -2.20. The lowest BCUT2D eigenvalue weighted by atomic mass is 10.0. The SMILES string of the molecule is Cc1cc(C(=O)NNC(=O)C(CC(C)C)NC(=O)c2ccccc2C)c(C)o1. The van der Waals surface area contributed by atoms with Gasteiger partial charge in [-0.3, -0.25) is 25.2 Å². The molecular weight excluding hydrogens is 358 g/mol. The number of carbonyl (C=O) groups excluding carboxylic acids is 3. The van der Waals surface area contributed by atoms with E-state index in [2.05, 4.69) is 16.2 Å². The van der Waals surface area contributed by atoms with Crippen LogP contribution in [0.5, 0.6) is 0 Å². The predicted octanol–water partition coefficient (Wildman–Crippen LogP) is 2.81. The normalized spacial score (nSPS) is 11.8. The van der Waals surface area contributed by atoms with Crippen LogP contribution in [0.25, 0.3) is 0 Å². The molecule has 2 rings (SSSR count). The molecule has 1 aromatic heterocycles. The molecular formula is C21H27N3O4. The van der Waals surface area contributed by atoms with Gasteiger partial charge in [-0.25, -0.2) is 0 Å². The second kappa shape index (κ2) is 9.21. The minimum Gasteiger partial charge on any atom is -0.466 e. The van der Waals surface area contributed by atoms with Crippen molar-refractivity contribution in [2.75, 3.05) is 0 Å². The first kappa shape index (κ1) is 21.2. The first-order chi connectivity index (χ1) is 13.2. The molecule has 2 aromatic rings. The Balaban J connectivity index is 2.04. The summed E-state index contributed by atoms with van der Waals surface area (Å²) < 4.78 is 5.32. The molecule has 0 aliphatic heterocycles. The van der Waals surface area contributed by atoms with Crippen LogP contribution in [-0.4, -0.2) is 23.8 Å². The Morgan fingerprint density at radius 1 is 0.964 bits per heavy atom. The molecule has 1 aromatic carbocycles. The van der Waals surface area contributed by atoms with Crippen LogP contribution in [-0.2, 0) is 4.79 Å². The summed E-state index contributed by atoms with van der Waals surface area (Å²) in [6.45, 7) is 9.16. The molecule has 0 aliphatic rings. The molecule has 7 nitrogen and oxygen atoms in total. The maximum atomic E-state index is 12.6. The summed E-state index contributed by atoms with van der Waals surface area (Å²) in [6, 6.07) is 7.99. The zero-order valence-electron chi connectivity index (χ0n) is 16.9. The van der Waals surface area contributed by atoms with E-state index < -0.39 is 17.9 Å². The van der Waals surface area contributed by atoms with Gasteiger partial charge in [0.15, 0.2) is 0 Å². The highest BCUT2D eigenvalue weighted by molar-refractivity contribution is 6.00. The Hall–Kier alpha value is -3.09. The Morgan fingerprint density at radius 2 is 1.64 bits per heavy atom. The number of amides is 3. The fourth-order valence-electron chi connectivity index (χ4n) is 2.90. The standard InChI is InChI=1S/C21H27N3O4/c1-12(2)10-18(22-19(25)16-9-7-6-8-13(16)3)21(27)24-23-20(26)17-11-14(4)28-15(17)5/h6-9,11-12,18H,10H2,1-5H3,(H,22,25)(H,23,26)(H,24,27). The van der Waals surface area contributed by atoms with Gasteiger partial charge in [0.1, 0.15) is 17.6 Å². The minimum absolute atomic E-state index is 0.169. The molecule has 28 heavy (non-hydrogen) atoms. The van der Waals surface area contributed by atoms with Crippen molar-refractivity contribution in [3.05, 3.63) is 58.5 Å². The molecule has 1 atom stereocenters. The number of carbonyl (C=O) groups is 3. The molecule has 3 amide bonds. The zero-order valence-corrected chi connectivity index (χ0v) is 16.9. The molecule has 0 aliphatic carbocycles. The number of furan rings is 1. The van der Waals surface area contributed by atoms with Crippen molar-refractivity contribution in [3.63, 3.8) is 0 Å². The average Bonchev–Trinajstić information content (AvgIpc) is 2.97. The third kappa shape index (κ3) is 5.45. The monoisotopic (exact) mass is 385 g/mol. The molecule has 0 bridgehead atoms. The van der Waals surface area contributed by atoms with E-state index in [9.17, 15) is 14.4 Å². The van der Waals surface area contributed by atoms with E-state index in [1.807, 2.05) is 32.9 Å². The molecule has 0 saturated carbocycles. The lowest BCUT2D eigenvalue weighted by Crippen LogP contribution is -2.52. The Labute approximate surface area is 164 Å². The van der Waals surface area contributed by atoms with Crippen LogP contribution in [0.3, 0.4) is 0 Å². The maximum absolute atomic E-state index is 12.6. The Morgan fingerprint density at radius 3 is 2.21 bits per heavy atom. The van der Waals surface area contributed by atoms with Crippen molar-refractivity contribution in [2.24, 2.45) is 5.92 Å². The van der Waals surface area contributed by atoms with Crippen LogP contribution < -0.4 is 16.2 Å². The summed E-state index contributed by atoms with van der Waals surface area (Å²) in [4.78, 5) is 37.4. The van der Waals surface area contributed by atoms with E-state index in [1.54, 1.807) is 32.0 Å². The van der Waals surface area contributed by atoms with E-state index in [-0.39, 0.29) is 11.8 Å². The lowest BCUT2D eigenvalue weighted by molar-refractivity contribution is -0.124. The molecule has 0 radical (unpaired) electrons. The van der Waals surface area contributed by atoms with Crippen molar-refractivity contribution in [1.29, 1.82) is 0 Å². The number of aryl methyl sites for hydroxylation is 3. The highest BCUT2D eigenvalue weighted by atomic mass is 16.3. The van der Waals surface area contributed by atoms with Crippen molar-refractivity contribution in [1.82, 2.24) is 16.2 Å². The highest BCUT2D eigenvalue weighted by Crippen LogP contribution is 2.13. The topological polar surface area (TPSA) is 100 Å². The van der Waals surface area contributed by atoms with Gasteiger partial charge >= 0.3 is 0 Å². The summed E-state index contributed by atoms with van der Waals surface area (Å²) in [5.74, 6) is -0.0417. The number of benzene rings is 1. The second-order valence-electron chi connectivity index (χ2n) is 7.24. The molecule has 3 N–H and O–H groups in total.